The summed E-state index contributed by atoms with van der Waals surface area (Å²) in [5.74, 6) is -1.08. The Balaban J connectivity index is 1.32. The Bertz CT molecular complexity index is 933. The van der Waals surface area contributed by atoms with Crippen LogP contribution in [-0.4, -0.2) is 51.0 Å². The zero-order chi connectivity index (χ0) is 20.7. The van der Waals surface area contributed by atoms with Crippen molar-refractivity contribution in [2.75, 3.05) is 13.1 Å². The number of likely N-dealkylation sites (tertiary alicyclic amines) is 1. The maximum Gasteiger partial charge on any atom is 0.357 e. The number of carbonyl (C=O) groups excluding carboxylic acids is 1. The lowest BCUT2D eigenvalue weighted by Gasteiger charge is -2.19. The number of aromatic carboxylic acids is 1. The number of nitrogens with zero attached hydrogens (tertiary/aromatic N) is 3. The van der Waals surface area contributed by atoms with E-state index in [-0.39, 0.29) is 29.5 Å². The molecule has 2 heterocycles. The number of carbonyl (C=O) groups is 2. The minimum Gasteiger partial charge on any atom is -0.476 e. The average molecular weight is 442 g/mol. The van der Waals surface area contributed by atoms with Crippen molar-refractivity contribution < 1.29 is 23.8 Å². The predicted octanol–water partition coefficient (Wildman–Crippen LogP) is 3.92. The van der Waals surface area contributed by atoms with Gasteiger partial charge in [0.15, 0.2) is 5.69 Å². The van der Waals surface area contributed by atoms with E-state index in [0.717, 1.165) is 17.5 Å². The van der Waals surface area contributed by atoms with Crippen LogP contribution in [0.25, 0.3) is 0 Å². The molecule has 1 aromatic heterocycles. The molecular weight excluding hydrogens is 424 g/mol. The summed E-state index contributed by atoms with van der Waals surface area (Å²) < 4.78 is 20.3. The first-order valence-corrected chi connectivity index (χ1v) is 9.90. The Morgan fingerprint density at radius 2 is 1.90 bits per heavy atom. The van der Waals surface area contributed by atoms with Gasteiger partial charge in [0.1, 0.15) is 5.82 Å². The summed E-state index contributed by atoms with van der Waals surface area (Å²) in [6.45, 7) is 1.39. The van der Waals surface area contributed by atoms with Crippen LogP contribution in [0.4, 0.5) is 9.18 Å². The number of hydrogen-bond acceptors (Lipinski definition) is 4. The number of aromatic nitrogens is 2. The van der Waals surface area contributed by atoms with Crippen LogP contribution in [0, 0.1) is 17.7 Å². The van der Waals surface area contributed by atoms with Crippen LogP contribution in [0.3, 0.4) is 0 Å². The number of benzene rings is 1. The van der Waals surface area contributed by atoms with Gasteiger partial charge in [-0.05, 0) is 48.4 Å². The van der Waals surface area contributed by atoms with Gasteiger partial charge in [-0.15, -0.1) is 0 Å². The maximum absolute atomic E-state index is 13.4. The van der Waals surface area contributed by atoms with Crippen LogP contribution in [-0.2, 0) is 11.3 Å². The van der Waals surface area contributed by atoms with Gasteiger partial charge in [-0.1, -0.05) is 23.2 Å². The van der Waals surface area contributed by atoms with E-state index in [1.54, 1.807) is 11.0 Å². The van der Waals surface area contributed by atoms with E-state index in [2.05, 4.69) is 5.10 Å². The summed E-state index contributed by atoms with van der Waals surface area (Å²) in [4.78, 5) is 25.3. The van der Waals surface area contributed by atoms with Crippen molar-refractivity contribution in [2.24, 2.45) is 11.8 Å². The largest absolute Gasteiger partial charge is 0.476 e. The molecule has 2 aromatic rings. The quantitative estimate of drug-likeness (QED) is 0.776. The first-order chi connectivity index (χ1) is 13.8. The van der Waals surface area contributed by atoms with Gasteiger partial charge in [0, 0.05) is 18.1 Å². The van der Waals surface area contributed by atoms with Crippen molar-refractivity contribution in [1.82, 2.24) is 14.7 Å². The fourth-order valence-corrected chi connectivity index (χ4v) is 4.64. The molecule has 10 heteroatoms. The van der Waals surface area contributed by atoms with Gasteiger partial charge in [-0.2, -0.15) is 9.78 Å². The SMILES string of the molecule is O=C(O)c1nn(C(=O)N2CC3CC(OCc4cc(F)cc(Cl)c4)CC3C2)cc1Cl. The van der Waals surface area contributed by atoms with Crippen LogP contribution < -0.4 is 0 Å². The molecule has 1 N–H and O–H groups in total. The molecule has 1 aliphatic heterocycles. The van der Waals surface area contributed by atoms with Crippen LogP contribution in [0.15, 0.2) is 24.4 Å². The molecule has 0 bridgehead atoms. The van der Waals surface area contributed by atoms with Crippen molar-refractivity contribution in [3.8, 4) is 0 Å². The van der Waals surface area contributed by atoms with Crippen molar-refractivity contribution in [3.05, 3.63) is 51.5 Å². The third kappa shape index (κ3) is 4.24. The Hall–Kier alpha value is -2.16. The van der Waals surface area contributed by atoms with Crippen molar-refractivity contribution in [3.63, 3.8) is 0 Å². The lowest BCUT2D eigenvalue weighted by Crippen LogP contribution is -2.34. The Morgan fingerprint density at radius 3 is 2.48 bits per heavy atom. The normalized spacial score (nSPS) is 23.4. The summed E-state index contributed by atoms with van der Waals surface area (Å²) >= 11 is 11.7. The number of carboxylic acids is 1. The van der Waals surface area contributed by atoms with Gasteiger partial charge >= 0.3 is 12.0 Å². The van der Waals surface area contributed by atoms with E-state index in [9.17, 15) is 14.0 Å². The number of ether oxygens (including phenoxy) is 1. The highest BCUT2D eigenvalue weighted by atomic mass is 35.5. The van der Waals surface area contributed by atoms with Crippen molar-refractivity contribution >= 4 is 35.2 Å². The van der Waals surface area contributed by atoms with Gasteiger partial charge in [0.2, 0.25) is 0 Å². The maximum atomic E-state index is 13.4. The predicted molar refractivity (Wildman–Crippen MR) is 103 cm³/mol. The molecule has 1 amide bonds. The second-order valence-corrected chi connectivity index (χ2v) is 8.31. The monoisotopic (exact) mass is 441 g/mol. The number of fused-ring (bicyclic) bond motifs is 1. The number of amides is 1. The molecule has 2 unspecified atom stereocenters. The fraction of sp³-hybridized carbons (Fsp3) is 0.421. The number of halogens is 3. The molecular formula is C19H18Cl2FN3O4. The Kier molecular flexibility index (Phi) is 5.50. The van der Waals surface area contributed by atoms with Gasteiger partial charge < -0.3 is 14.7 Å². The summed E-state index contributed by atoms with van der Waals surface area (Å²) in [5, 5.41) is 13.1. The summed E-state index contributed by atoms with van der Waals surface area (Å²) in [6.07, 6.45) is 2.87. The number of rotatable bonds is 4. The molecule has 2 aliphatic rings. The number of carboxylic acid groups (broad SMARTS) is 1. The zero-order valence-electron chi connectivity index (χ0n) is 15.2. The third-order valence-electron chi connectivity index (χ3n) is 5.45. The minimum absolute atomic E-state index is 0.0436. The summed E-state index contributed by atoms with van der Waals surface area (Å²) in [7, 11) is 0. The molecule has 154 valence electrons. The third-order valence-corrected chi connectivity index (χ3v) is 5.95. The smallest absolute Gasteiger partial charge is 0.357 e. The summed E-state index contributed by atoms with van der Waals surface area (Å²) in [5.41, 5.74) is 0.346. The van der Waals surface area contributed by atoms with Crippen LogP contribution >= 0.6 is 23.2 Å². The van der Waals surface area contributed by atoms with E-state index in [1.165, 1.54) is 18.3 Å². The molecule has 0 spiro atoms. The molecule has 1 aliphatic carbocycles. The minimum atomic E-state index is -1.28. The fourth-order valence-electron chi connectivity index (χ4n) is 4.19. The van der Waals surface area contributed by atoms with Gasteiger partial charge in [-0.3, -0.25) is 0 Å². The zero-order valence-corrected chi connectivity index (χ0v) is 16.7. The van der Waals surface area contributed by atoms with Gasteiger partial charge in [0.05, 0.1) is 23.9 Å². The van der Waals surface area contributed by atoms with E-state index >= 15 is 0 Å². The highest BCUT2D eigenvalue weighted by Gasteiger charge is 2.43. The van der Waals surface area contributed by atoms with E-state index in [0.29, 0.717) is 35.5 Å². The van der Waals surface area contributed by atoms with E-state index in [1.807, 2.05) is 0 Å². The molecule has 1 aromatic carbocycles. The second-order valence-electron chi connectivity index (χ2n) is 7.47. The molecule has 1 saturated carbocycles. The molecule has 0 radical (unpaired) electrons. The van der Waals surface area contributed by atoms with Crippen LogP contribution in [0.2, 0.25) is 10.0 Å². The molecule has 4 rings (SSSR count). The lowest BCUT2D eigenvalue weighted by atomic mass is 10.0. The van der Waals surface area contributed by atoms with Gasteiger partial charge in [0.25, 0.3) is 0 Å². The molecule has 7 nitrogen and oxygen atoms in total. The first kappa shape index (κ1) is 20.1. The van der Waals surface area contributed by atoms with Crippen LogP contribution in [0.5, 0.6) is 0 Å². The molecule has 2 fully saturated rings. The lowest BCUT2D eigenvalue weighted by molar-refractivity contribution is 0.0382. The standard InChI is InChI=1S/C19H18Cl2FN3O4/c20-13-1-10(2-14(22)5-13)9-29-15-3-11-6-24(7-12(11)4-15)19(28)25-8-16(21)17(23-25)18(26)27/h1-2,5,8,11-12,15H,3-4,6-7,9H2,(H,26,27). The van der Waals surface area contributed by atoms with Crippen molar-refractivity contribution in [2.45, 2.75) is 25.6 Å². The second kappa shape index (κ2) is 7.93. The van der Waals surface area contributed by atoms with E-state index in [4.69, 9.17) is 33.0 Å². The topological polar surface area (TPSA) is 84.7 Å². The van der Waals surface area contributed by atoms with E-state index < -0.39 is 11.8 Å². The molecule has 1 saturated heterocycles. The average Bonchev–Trinajstić information content (AvgIpc) is 3.31. The van der Waals surface area contributed by atoms with Crippen LogP contribution in [0.1, 0.15) is 28.9 Å². The highest BCUT2D eigenvalue weighted by Crippen LogP contribution is 2.40. The molecule has 29 heavy (non-hydrogen) atoms. The highest BCUT2D eigenvalue weighted by molar-refractivity contribution is 6.33. The van der Waals surface area contributed by atoms with Gasteiger partial charge in [-0.25, -0.2) is 14.0 Å². The summed E-state index contributed by atoms with van der Waals surface area (Å²) in [6, 6.07) is 3.95. The Morgan fingerprint density at radius 1 is 1.21 bits per heavy atom. The van der Waals surface area contributed by atoms with Crippen molar-refractivity contribution in [1.29, 1.82) is 0 Å². The first-order valence-electron chi connectivity index (χ1n) is 9.14. The number of hydrogen-bond donors (Lipinski definition) is 1. The molecule has 2 atom stereocenters. The Labute approximate surface area is 175 Å².